The van der Waals surface area contributed by atoms with Crippen LogP contribution in [0.2, 0.25) is 0 Å². The van der Waals surface area contributed by atoms with Gasteiger partial charge in [-0.15, -0.1) is 0 Å². The summed E-state index contributed by atoms with van der Waals surface area (Å²) in [6.07, 6.45) is 6.93. The molecule has 4 aromatic rings. The van der Waals surface area contributed by atoms with Crippen LogP contribution >= 0.6 is 0 Å². The molecular formula is C24H22N6O. The van der Waals surface area contributed by atoms with Crippen LogP contribution in [0.4, 0.5) is 5.69 Å². The molecule has 154 valence electrons. The molecule has 0 bridgehead atoms. The maximum absolute atomic E-state index is 12.1. The zero-order valence-corrected chi connectivity index (χ0v) is 17.1. The Kier molecular flexibility index (Phi) is 6.13. The predicted octanol–water partition coefficient (Wildman–Crippen LogP) is 3.80. The van der Waals surface area contributed by atoms with Crippen molar-refractivity contribution in [3.05, 3.63) is 96.4 Å². The Balaban J connectivity index is 1.47. The maximum Gasteiger partial charge on any atom is 0.259 e. The number of rotatable bonds is 7. The highest BCUT2D eigenvalue weighted by molar-refractivity contribution is 5.90. The smallest absolute Gasteiger partial charge is 0.259 e. The molecule has 0 aliphatic heterocycles. The zero-order chi connectivity index (χ0) is 21.5. The van der Waals surface area contributed by atoms with Crippen LogP contribution in [-0.4, -0.2) is 33.4 Å². The van der Waals surface area contributed by atoms with Crippen LogP contribution in [-0.2, 0) is 4.79 Å². The van der Waals surface area contributed by atoms with Gasteiger partial charge in [-0.1, -0.05) is 35.9 Å². The molecule has 7 nitrogen and oxygen atoms in total. The fourth-order valence-electron chi connectivity index (χ4n) is 2.99. The molecule has 0 unspecified atom stereocenters. The highest BCUT2D eigenvalue weighted by Gasteiger charge is 2.11. The number of pyridine rings is 1. The lowest BCUT2D eigenvalue weighted by Crippen LogP contribution is -2.25. The van der Waals surface area contributed by atoms with Crippen molar-refractivity contribution in [2.45, 2.75) is 6.92 Å². The van der Waals surface area contributed by atoms with E-state index in [1.807, 2.05) is 79.9 Å². The van der Waals surface area contributed by atoms with E-state index in [1.165, 1.54) is 5.56 Å². The quantitative estimate of drug-likeness (QED) is 0.358. The molecule has 2 N–H and O–H groups in total. The van der Waals surface area contributed by atoms with Crippen LogP contribution < -0.4 is 10.7 Å². The molecule has 2 heterocycles. The number of para-hydroxylation sites is 1. The zero-order valence-electron chi connectivity index (χ0n) is 17.1. The molecule has 0 spiro atoms. The Bertz CT molecular complexity index is 1170. The van der Waals surface area contributed by atoms with Gasteiger partial charge in [0, 0.05) is 35.4 Å². The van der Waals surface area contributed by atoms with Gasteiger partial charge in [0.2, 0.25) is 0 Å². The summed E-state index contributed by atoms with van der Waals surface area (Å²) in [5.74, 6) is -0.241. The lowest BCUT2D eigenvalue weighted by Gasteiger charge is -2.05. The van der Waals surface area contributed by atoms with Crippen LogP contribution in [0.15, 0.2) is 90.4 Å². The third kappa shape index (κ3) is 5.22. The summed E-state index contributed by atoms with van der Waals surface area (Å²) >= 11 is 0. The second-order valence-electron chi connectivity index (χ2n) is 6.97. The average molecular weight is 410 g/mol. The van der Waals surface area contributed by atoms with Gasteiger partial charge in [0.25, 0.3) is 5.91 Å². The first kappa shape index (κ1) is 20.0. The van der Waals surface area contributed by atoms with Crippen LogP contribution in [0, 0.1) is 6.92 Å². The number of amides is 1. The Hall–Kier alpha value is -4.26. The number of carbonyl (C=O) groups excluding carboxylic acids is 1. The number of nitrogens with zero attached hydrogens (tertiary/aromatic N) is 4. The van der Waals surface area contributed by atoms with Crippen molar-refractivity contribution < 1.29 is 4.79 Å². The minimum absolute atomic E-state index is 0.124. The van der Waals surface area contributed by atoms with Gasteiger partial charge in [0.15, 0.2) is 0 Å². The number of anilines is 1. The minimum atomic E-state index is -0.241. The van der Waals surface area contributed by atoms with Crippen molar-refractivity contribution in [3.63, 3.8) is 0 Å². The fraction of sp³-hybridized carbons (Fsp3) is 0.0833. The van der Waals surface area contributed by atoms with Crippen LogP contribution in [0.5, 0.6) is 0 Å². The second kappa shape index (κ2) is 9.49. The first-order valence-corrected chi connectivity index (χ1v) is 9.87. The first-order chi connectivity index (χ1) is 15.2. The van der Waals surface area contributed by atoms with Crippen molar-refractivity contribution in [2.24, 2.45) is 5.10 Å². The lowest BCUT2D eigenvalue weighted by molar-refractivity contribution is -0.119. The largest absolute Gasteiger partial charge is 0.376 e. The van der Waals surface area contributed by atoms with E-state index in [9.17, 15) is 4.79 Å². The van der Waals surface area contributed by atoms with E-state index in [0.717, 1.165) is 28.2 Å². The topological polar surface area (TPSA) is 84.2 Å². The van der Waals surface area contributed by atoms with Crippen LogP contribution in [0.25, 0.3) is 16.9 Å². The number of carbonyl (C=O) groups is 1. The van der Waals surface area contributed by atoms with E-state index in [4.69, 9.17) is 5.10 Å². The normalized spacial score (nSPS) is 10.9. The number of benzene rings is 2. The van der Waals surface area contributed by atoms with Crippen LogP contribution in [0.3, 0.4) is 0 Å². The first-order valence-electron chi connectivity index (χ1n) is 9.87. The molecule has 31 heavy (non-hydrogen) atoms. The van der Waals surface area contributed by atoms with E-state index in [1.54, 1.807) is 23.3 Å². The number of aromatic nitrogens is 3. The Labute approximate surface area is 180 Å². The van der Waals surface area contributed by atoms with Gasteiger partial charge in [-0.2, -0.15) is 10.2 Å². The molecular weight excluding hydrogens is 388 g/mol. The molecule has 1 amide bonds. The standard InChI is InChI=1S/C24H22N6O/c1-18-9-11-21(12-10-18)26-16-23(31)28-27-15-20-17-30(22-7-3-2-4-8-22)29-24(20)19-6-5-13-25-14-19/h2-15,17,26H,16H2,1H3,(H,28,31)/b27-15-. The molecule has 0 radical (unpaired) electrons. The van der Waals surface area contributed by atoms with Gasteiger partial charge < -0.3 is 5.32 Å². The average Bonchev–Trinajstić information content (AvgIpc) is 3.24. The fourth-order valence-corrected chi connectivity index (χ4v) is 2.99. The van der Waals surface area contributed by atoms with Crippen molar-refractivity contribution in [1.82, 2.24) is 20.2 Å². The number of hydrazone groups is 1. The summed E-state index contributed by atoms with van der Waals surface area (Å²) in [5.41, 5.74) is 7.90. The maximum atomic E-state index is 12.1. The molecule has 7 heteroatoms. The van der Waals surface area contributed by atoms with Crippen molar-refractivity contribution in [2.75, 3.05) is 11.9 Å². The van der Waals surface area contributed by atoms with Crippen molar-refractivity contribution >= 4 is 17.8 Å². The van der Waals surface area contributed by atoms with E-state index >= 15 is 0 Å². The summed E-state index contributed by atoms with van der Waals surface area (Å²) in [5, 5.41) is 11.9. The third-order valence-electron chi connectivity index (χ3n) is 4.60. The highest BCUT2D eigenvalue weighted by atomic mass is 16.2. The number of aryl methyl sites for hydroxylation is 1. The van der Waals surface area contributed by atoms with Gasteiger partial charge >= 0.3 is 0 Å². The van der Waals surface area contributed by atoms with Crippen molar-refractivity contribution in [1.29, 1.82) is 0 Å². The molecule has 0 saturated carbocycles. The Morgan fingerprint density at radius 2 is 1.87 bits per heavy atom. The van der Waals surface area contributed by atoms with Crippen molar-refractivity contribution in [3.8, 4) is 16.9 Å². The molecule has 2 aromatic carbocycles. The number of nitrogens with one attached hydrogen (secondary N) is 2. The van der Waals surface area contributed by atoms with Crippen LogP contribution in [0.1, 0.15) is 11.1 Å². The SMILES string of the molecule is Cc1ccc(NCC(=O)N/N=C\c2cn(-c3ccccc3)nc2-c2cccnc2)cc1. The highest BCUT2D eigenvalue weighted by Crippen LogP contribution is 2.21. The summed E-state index contributed by atoms with van der Waals surface area (Å²) in [6.45, 7) is 2.14. The van der Waals surface area contributed by atoms with Gasteiger partial charge in [0.1, 0.15) is 5.69 Å². The van der Waals surface area contributed by atoms with Gasteiger partial charge in [-0.3, -0.25) is 9.78 Å². The van der Waals surface area contributed by atoms with E-state index in [0.29, 0.717) is 0 Å². The number of hydrogen-bond acceptors (Lipinski definition) is 5. The van der Waals surface area contributed by atoms with E-state index in [-0.39, 0.29) is 12.5 Å². The molecule has 0 atom stereocenters. The number of hydrogen-bond donors (Lipinski definition) is 2. The molecule has 0 aliphatic rings. The van der Waals surface area contributed by atoms with E-state index < -0.39 is 0 Å². The summed E-state index contributed by atoms with van der Waals surface area (Å²) in [6, 6.07) is 21.4. The predicted molar refractivity (Wildman–Crippen MR) is 122 cm³/mol. The Morgan fingerprint density at radius 3 is 2.61 bits per heavy atom. The van der Waals surface area contributed by atoms with E-state index in [2.05, 4.69) is 20.8 Å². The Morgan fingerprint density at radius 1 is 1.06 bits per heavy atom. The lowest BCUT2D eigenvalue weighted by atomic mass is 10.1. The molecule has 2 aromatic heterocycles. The summed E-state index contributed by atoms with van der Waals surface area (Å²) < 4.78 is 1.78. The monoisotopic (exact) mass is 410 g/mol. The third-order valence-corrected chi connectivity index (χ3v) is 4.60. The summed E-state index contributed by atoms with van der Waals surface area (Å²) in [4.78, 5) is 16.3. The molecule has 0 aliphatic carbocycles. The summed E-state index contributed by atoms with van der Waals surface area (Å²) in [7, 11) is 0. The second-order valence-corrected chi connectivity index (χ2v) is 6.97. The van der Waals surface area contributed by atoms with Gasteiger partial charge in [0.05, 0.1) is 18.4 Å². The molecule has 4 rings (SSSR count). The molecule has 0 saturated heterocycles. The minimum Gasteiger partial charge on any atom is -0.376 e. The van der Waals surface area contributed by atoms with Gasteiger partial charge in [-0.05, 0) is 43.3 Å². The van der Waals surface area contributed by atoms with Gasteiger partial charge in [-0.25, -0.2) is 10.1 Å². The molecule has 0 fully saturated rings.